The molecule has 192 valence electrons. The second-order valence-corrected chi connectivity index (χ2v) is 9.46. The molecular formula is C24H25ClF3N5O3. The molecule has 0 aliphatic carbocycles. The van der Waals surface area contributed by atoms with Crippen LogP contribution in [0.15, 0.2) is 35.4 Å². The van der Waals surface area contributed by atoms with Crippen molar-refractivity contribution in [1.29, 1.82) is 0 Å². The second kappa shape index (κ2) is 9.53. The van der Waals surface area contributed by atoms with Crippen LogP contribution in [0.5, 0.6) is 0 Å². The minimum Gasteiger partial charge on any atom is -0.382 e. The van der Waals surface area contributed by atoms with Gasteiger partial charge in [0.1, 0.15) is 17.0 Å². The fraction of sp³-hybridized carbons (Fsp3) is 0.458. The number of hydrogen-bond donors (Lipinski definition) is 1. The lowest BCUT2D eigenvalue weighted by Gasteiger charge is -2.32. The van der Waals surface area contributed by atoms with Crippen LogP contribution in [0.1, 0.15) is 59.8 Å². The first-order valence-electron chi connectivity index (χ1n) is 11.7. The first-order chi connectivity index (χ1) is 17.1. The molecule has 3 aromatic rings. The van der Waals surface area contributed by atoms with Crippen molar-refractivity contribution < 1.29 is 23.0 Å². The highest BCUT2D eigenvalue weighted by atomic mass is 35.5. The monoisotopic (exact) mass is 523 g/mol. The summed E-state index contributed by atoms with van der Waals surface area (Å²) in [5.74, 6) is 0.534. The molecule has 12 heteroatoms. The van der Waals surface area contributed by atoms with Gasteiger partial charge in [-0.3, -0.25) is 4.79 Å². The fourth-order valence-electron chi connectivity index (χ4n) is 4.80. The number of hydrogen-bond acceptors (Lipinski definition) is 6. The van der Waals surface area contributed by atoms with Gasteiger partial charge in [0.05, 0.1) is 35.9 Å². The molecule has 0 saturated carbocycles. The highest BCUT2D eigenvalue weighted by Crippen LogP contribution is 2.38. The third-order valence-electron chi connectivity index (χ3n) is 6.68. The van der Waals surface area contributed by atoms with Crippen molar-refractivity contribution in [2.24, 2.45) is 0 Å². The Hall–Kier alpha value is -2.89. The van der Waals surface area contributed by atoms with Gasteiger partial charge in [0.15, 0.2) is 6.23 Å². The quantitative estimate of drug-likeness (QED) is 0.551. The lowest BCUT2D eigenvalue weighted by atomic mass is 9.98. The number of imidazole rings is 1. The van der Waals surface area contributed by atoms with E-state index in [9.17, 15) is 23.1 Å². The summed E-state index contributed by atoms with van der Waals surface area (Å²) in [6.45, 7) is 3.11. The van der Waals surface area contributed by atoms with E-state index < -0.39 is 29.6 Å². The molecule has 8 nitrogen and oxygen atoms in total. The van der Waals surface area contributed by atoms with E-state index in [-0.39, 0.29) is 22.8 Å². The maximum absolute atomic E-state index is 13.6. The summed E-state index contributed by atoms with van der Waals surface area (Å²) in [6, 6.07) is 3.87. The molecule has 0 spiro atoms. The van der Waals surface area contributed by atoms with Crippen molar-refractivity contribution in [1.82, 2.24) is 19.3 Å². The number of rotatable bonds is 4. The van der Waals surface area contributed by atoms with Gasteiger partial charge in [0.2, 0.25) is 0 Å². The summed E-state index contributed by atoms with van der Waals surface area (Å²) >= 11 is 6.44. The van der Waals surface area contributed by atoms with Crippen LogP contribution < -0.4 is 10.5 Å². The van der Waals surface area contributed by atoms with Gasteiger partial charge in [-0.2, -0.15) is 23.0 Å². The smallest absolute Gasteiger partial charge is 0.382 e. The number of aryl methyl sites for hydroxylation is 1. The van der Waals surface area contributed by atoms with Crippen LogP contribution in [0.4, 0.5) is 18.9 Å². The molecule has 2 unspecified atom stereocenters. The molecule has 1 aromatic carbocycles. The molecule has 0 bridgehead atoms. The zero-order valence-corrected chi connectivity index (χ0v) is 20.3. The predicted molar refractivity (Wildman–Crippen MR) is 126 cm³/mol. The summed E-state index contributed by atoms with van der Waals surface area (Å²) < 4.78 is 49.5. The third-order valence-corrected chi connectivity index (χ3v) is 7.03. The maximum Gasteiger partial charge on any atom is 0.416 e. The molecule has 2 aliphatic rings. The summed E-state index contributed by atoms with van der Waals surface area (Å²) in [7, 11) is 0. The molecule has 1 N–H and O–H groups in total. The van der Waals surface area contributed by atoms with E-state index in [1.807, 2.05) is 4.90 Å². The number of anilines is 1. The van der Waals surface area contributed by atoms with Crippen LogP contribution in [0.3, 0.4) is 0 Å². The summed E-state index contributed by atoms with van der Waals surface area (Å²) in [5, 5.41) is 15.2. The number of ether oxygens (including phenoxy) is 1. The lowest BCUT2D eigenvalue weighted by molar-refractivity contribution is -0.139. The van der Waals surface area contributed by atoms with Crippen molar-refractivity contribution in [3.8, 4) is 0 Å². The molecule has 0 radical (unpaired) electrons. The third kappa shape index (κ3) is 4.51. The highest BCUT2D eigenvalue weighted by molar-refractivity contribution is 6.33. The van der Waals surface area contributed by atoms with E-state index in [4.69, 9.17) is 16.3 Å². The Morgan fingerprint density at radius 2 is 2.03 bits per heavy atom. The second-order valence-electron chi connectivity index (χ2n) is 9.08. The van der Waals surface area contributed by atoms with Gasteiger partial charge in [-0.05, 0) is 37.8 Å². The molecule has 4 heterocycles. The number of fused-ring (bicyclic) bond motifs is 1. The molecule has 0 amide bonds. The molecule has 1 saturated heterocycles. The van der Waals surface area contributed by atoms with Crippen LogP contribution in [-0.2, 0) is 24.0 Å². The number of nitrogens with zero attached hydrogens (tertiary/aromatic N) is 5. The van der Waals surface area contributed by atoms with Crippen LogP contribution in [0.2, 0.25) is 5.02 Å². The van der Waals surface area contributed by atoms with Gasteiger partial charge in [-0.15, -0.1) is 0 Å². The summed E-state index contributed by atoms with van der Waals surface area (Å²) in [6.07, 6.45) is -1.06. The van der Waals surface area contributed by atoms with E-state index in [1.165, 1.54) is 23.1 Å². The standard InChI is InChI=1S/C24H25ClF3N5O3/c1-14-5-6-15(16(10-14)24(26,27)28)22(34)18-11-29-19-13-31(7-8-32(18)19)17-12-30-33(23(35)21(17)25)20-4-2-3-9-36-20/h5-6,10-12,20,22,34H,2-4,7-9,13H2,1H3. The molecule has 2 aromatic heterocycles. The SMILES string of the molecule is Cc1ccc(C(O)c2cnc3n2CCN(c2cnn(C4CCCCO4)c(=O)c2Cl)C3)c(C(F)(F)F)c1. The Morgan fingerprint density at radius 1 is 1.22 bits per heavy atom. The molecule has 1 fully saturated rings. The predicted octanol–water partition coefficient (Wildman–Crippen LogP) is 4.22. The highest BCUT2D eigenvalue weighted by Gasteiger charge is 2.36. The van der Waals surface area contributed by atoms with Gasteiger partial charge < -0.3 is 19.3 Å². The first-order valence-corrected chi connectivity index (χ1v) is 12.1. The number of halogens is 4. The zero-order chi connectivity index (χ0) is 25.6. The van der Waals surface area contributed by atoms with Crippen LogP contribution >= 0.6 is 11.6 Å². The Kier molecular flexibility index (Phi) is 6.56. The Bertz CT molecular complexity index is 1330. The fourth-order valence-corrected chi connectivity index (χ4v) is 5.05. The van der Waals surface area contributed by atoms with Gasteiger partial charge >= 0.3 is 6.18 Å². The number of aliphatic hydroxyl groups excluding tert-OH is 1. The number of benzene rings is 1. The Labute approximate surface area is 209 Å². The van der Waals surface area contributed by atoms with Crippen molar-refractivity contribution in [3.63, 3.8) is 0 Å². The van der Waals surface area contributed by atoms with Gasteiger partial charge in [-0.25, -0.2) is 4.98 Å². The van der Waals surface area contributed by atoms with Crippen molar-refractivity contribution in [2.45, 2.75) is 57.8 Å². The van der Waals surface area contributed by atoms with Crippen LogP contribution in [-0.4, -0.2) is 37.6 Å². The minimum absolute atomic E-state index is 0.0221. The zero-order valence-electron chi connectivity index (χ0n) is 19.5. The normalized spacial score (nSPS) is 19.3. The van der Waals surface area contributed by atoms with Gasteiger partial charge in [0.25, 0.3) is 5.56 Å². The maximum atomic E-state index is 13.6. The lowest BCUT2D eigenvalue weighted by Crippen LogP contribution is -2.37. The van der Waals surface area contributed by atoms with Gasteiger partial charge in [0, 0.05) is 19.7 Å². The first kappa shape index (κ1) is 24.8. The van der Waals surface area contributed by atoms with E-state index in [2.05, 4.69) is 10.1 Å². The molecule has 36 heavy (non-hydrogen) atoms. The van der Waals surface area contributed by atoms with Gasteiger partial charge in [-0.1, -0.05) is 29.3 Å². The van der Waals surface area contributed by atoms with Crippen LogP contribution in [0, 0.1) is 6.92 Å². The van der Waals surface area contributed by atoms with Crippen LogP contribution in [0.25, 0.3) is 0 Å². The molecule has 5 rings (SSSR count). The van der Waals surface area contributed by atoms with E-state index in [0.717, 1.165) is 18.9 Å². The van der Waals surface area contributed by atoms with Crippen molar-refractivity contribution >= 4 is 17.3 Å². The Morgan fingerprint density at radius 3 is 2.75 bits per heavy atom. The minimum atomic E-state index is -4.60. The van der Waals surface area contributed by atoms with Crippen molar-refractivity contribution in [2.75, 3.05) is 18.1 Å². The largest absolute Gasteiger partial charge is 0.416 e. The summed E-state index contributed by atoms with van der Waals surface area (Å²) in [4.78, 5) is 19.1. The van der Waals surface area contributed by atoms with E-state index in [0.29, 0.717) is 43.2 Å². The average Bonchev–Trinajstić information content (AvgIpc) is 3.28. The Balaban J connectivity index is 1.41. The van der Waals surface area contributed by atoms with E-state index in [1.54, 1.807) is 17.6 Å². The average molecular weight is 524 g/mol. The number of aliphatic hydroxyl groups is 1. The van der Waals surface area contributed by atoms with E-state index >= 15 is 0 Å². The molecular weight excluding hydrogens is 499 g/mol. The number of alkyl halides is 3. The number of aromatic nitrogens is 4. The topological polar surface area (TPSA) is 85.4 Å². The molecule has 2 aliphatic heterocycles. The van der Waals surface area contributed by atoms with Crippen molar-refractivity contribution in [3.05, 3.63) is 74.2 Å². The summed E-state index contributed by atoms with van der Waals surface area (Å²) in [5.41, 5.74) is -0.365. The molecule has 2 atom stereocenters.